The number of para-hydroxylation sites is 1. The van der Waals surface area contributed by atoms with E-state index < -0.39 is 6.17 Å². The Morgan fingerprint density at radius 1 is 0.949 bits per heavy atom. The van der Waals surface area contributed by atoms with E-state index >= 15 is 0 Å². The molecular weight excluding hydrogens is 492 g/mol. The molecule has 6 rings (SSSR count). The highest BCUT2D eigenvalue weighted by molar-refractivity contribution is 6.16. The van der Waals surface area contributed by atoms with E-state index in [0.717, 1.165) is 18.5 Å². The van der Waals surface area contributed by atoms with Gasteiger partial charge in [-0.1, -0.05) is 36.8 Å². The largest absolute Gasteiger partial charge is 0.383 e. The average Bonchev–Trinajstić information content (AvgIpc) is 3.27. The Kier molecular flexibility index (Phi) is 7.40. The number of methoxy groups -OCH3 is 1. The molecule has 0 spiro atoms. The lowest BCUT2D eigenvalue weighted by Crippen LogP contribution is -2.52. The maximum absolute atomic E-state index is 13.7. The number of amides is 3. The summed E-state index contributed by atoms with van der Waals surface area (Å²) in [4.78, 5) is 48.9. The molecular formula is C31H38N4O4. The first-order valence-electron chi connectivity index (χ1n) is 14.4. The number of hydrogen-bond acceptors (Lipinski definition) is 5. The molecule has 2 saturated heterocycles. The third kappa shape index (κ3) is 4.74. The van der Waals surface area contributed by atoms with Crippen LogP contribution in [0.1, 0.15) is 71.0 Å². The minimum absolute atomic E-state index is 0.0378. The lowest BCUT2D eigenvalue weighted by molar-refractivity contribution is -0.133. The molecule has 0 aliphatic carbocycles. The number of nitrogens with zero attached hydrogens (tertiary/aromatic N) is 4. The Balaban J connectivity index is 1.22. The standard InChI is InChI=1S/C31H38N4O4/c1-39-20-19-33(21-22-9-8-17-32-16-7-6-13-26(22)32)28(36)15-18-34-29-23-10-2-3-11-24(23)31(38)35(29)27-14-5-4-12-25(27)30(34)37/h2-5,10-12,14,22,26,29H,6-9,13,15-21H2,1H3/t22-,26+,29+/m0/s1. The minimum atomic E-state index is -0.537. The van der Waals surface area contributed by atoms with Gasteiger partial charge in [0.15, 0.2) is 0 Å². The Morgan fingerprint density at radius 3 is 2.56 bits per heavy atom. The van der Waals surface area contributed by atoms with Crippen molar-refractivity contribution in [3.8, 4) is 0 Å². The van der Waals surface area contributed by atoms with Gasteiger partial charge in [-0.25, -0.2) is 0 Å². The van der Waals surface area contributed by atoms with E-state index in [-0.39, 0.29) is 30.7 Å². The van der Waals surface area contributed by atoms with Crippen LogP contribution in [0.5, 0.6) is 0 Å². The second-order valence-corrected chi connectivity index (χ2v) is 11.2. The van der Waals surface area contributed by atoms with Gasteiger partial charge in [0.2, 0.25) is 5.91 Å². The normalized spacial score (nSPS) is 24.2. The Bertz CT molecular complexity index is 1250. The summed E-state index contributed by atoms with van der Waals surface area (Å²) in [6, 6.07) is 15.3. The number of anilines is 1. The number of fused-ring (bicyclic) bond motifs is 6. The third-order valence-electron chi connectivity index (χ3n) is 9.05. The zero-order valence-electron chi connectivity index (χ0n) is 22.8. The van der Waals surface area contributed by atoms with E-state index in [1.807, 2.05) is 47.4 Å². The molecule has 39 heavy (non-hydrogen) atoms. The number of rotatable bonds is 8. The van der Waals surface area contributed by atoms with Gasteiger partial charge in [0.1, 0.15) is 6.17 Å². The molecule has 206 valence electrons. The van der Waals surface area contributed by atoms with Gasteiger partial charge in [-0.05, 0) is 62.9 Å². The second kappa shape index (κ2) is 11.1. The lowest BCUT2D eigenvalue weighted by Gasteiger charge is -2.46. The summed E-state index contributed by atoms with van der Waals surface area (Å²) >= 11 is 0. The van der Waals surface area contributed by atoms with Crippen molar-refractivity contribution in [1.82, 2.24) is 14.7 Å². The van der Waals surface area contributed by atoms with Crippen LogP contribution in [0.3, 0.4) is 0 Å². The molecule has 2 fully saturated rings. The Labute approximate surface area is 230 Å². The summed E-state index contributed by atoms with van der Waals surface area (Å²) in [5.74, 6) is 0.259. The monoisotopic (exact) mass is 530 g/mol. The van der Waals surface area contributed by atoms with Crippen molar-refractivity contribution in [2.75, 3.05) is 51.3 Å². The van der Waals surface area contributed by atoms with Crippen LogP contribution in [-0.4, -0.2) is 84.9 Å². The highest BCUT2D eigenvalue weighted by Crippen LogP contribution is 2.45. The zero-order valence-corrected chi connectivity index (χ0v) is 22.8. The van der Waals surface area contributed by atoms with E-state index in [1.165, 1.54) is 38.8 Å². The summed E-state index contributed by atoms with van der Waals surface area (Å²) in [6.07, 6.45) is 5.75. The number of benzene rings is 2. The van der Waals surface area contributed by atoms with E-state index in [9.17, 15) is 14.4 Å². The molecule has 0 bridgehead atoms. The van der Waals surface area contributed by atoms with E-state index in [2.05, 4.69) is 4.90 Å². The van der Waals surface area contributed by atoms with Gasteiger partial charge < -0.3 is 19.4 Å². The molecule has 3 atom stereocenters. The summed E-state index contributed by atoms with van der Waals surface area (Å²) < 4.78 is 5.36. The van der Waals surface area contributed by atoms with Crippen LogP contribution >= 0.6 is 0 Å². The number of carbonyl (C=O) groups is 3. The van der Waals surface area contributed by atoms with E-state index in [4.69, 9.17) is 4.74 Å². The SMILES string of the molecule is COCCN(C[C@@H]1CCCN2CCCC[C@H]12)C(=O)CCN1C(=O)c2ccccc2N2C(=O)c3ccccc3[C@H]12. The van der Waals surface area contributed by atoms with E-state index in [0.29, 0.717) is 41.9 Å². The van der Waals surface area contributed by atoms with Gasteiger partial charge in [-0.15, -0.1) is 0 Å². The highest BCUT2D eigenvalue weighted by Gasteiger charge is 2.47. The van der Waals surface area contributed by atoms with Crippen molar-refractivity contribution in [1.29, 1.82) is 0 Å². The zero-order chi connectivity index (χ0) is 26.9. The number of carbonyl (C=O) groups excluding carboxylic acids is 3. The summed E-state index contributed by atoms with van der Waals surface area (Å²) in [7, 11) is 1.67. The topological polar surface area (TPSA) is 73.4 Å². The van der Waals surface area contributed by atoms with Crippen molar-refractivity contribution >= 4 is 23.4 Å². The first kappa shape index (κ1) is 26.0. The van der Waals surface area contributed by atoms with Crippen LogP contribution < -0.4 is 4.90 Å². The van der Waals surface area contributed by atoms with Gasteiger partial charge in [-0.2, -0.15) is 0 Å². The molecule has 4 aliphatic heterocycles. The molecule has 4 aliphatic rings. The Morgan fingerprint density at radius 2 is 1.72 bits per heavy atom. The van der Waals surface area contributed by atoms with Crippen LogP contribution in [0.2, 0.25) is 0 Å². The molecule has 0 radical (unpaired) electrons. The minimum Gasteiger partial charge on any atom is -0.383 e. The molecule has 8 nitrogen and oxygen atoms in total. The smallest absolute Gasteiger partial charge is 0.260 e. The molecule has 3 amide bonds. The molecule has 0 N–H and O–H groups in total. The fraction of sp³-hybridized carbons (Fsp3) is 0.516. The molecule has 8 heteroatoms. The van der Waals surface area contributed by atoms with Gasteiger partial charge in [-0.3, -0.25) is 19.3 Å². The maximum atomic E-state index is 13.7. The molecule has 4 heterocycles. The van der Waals surface area contributed by atoms with Crippen LogP contribution in [0.25, 0.3) is 0 Å². The van der Waals surface area contributed by atoms with Crippen molar-refractivity contribution in [3.63, 3.8) is 0 Å². The quantitative estimate of drug-likeness (QED) is 0.517. The summed E-state index contributed by atoms with van der Waals surface area (Å²) in [6.45, 7) is 4.36. The maximum Gasteiger partial charge on any atom is 0.260 e. The van der Waals surface area contributed by atoms with E-state index in [1.54, 1.807) is 23.0 Å². The fourth-order valence-corrected chi connectivity index (χ4v) is 7.17. The number of piperidine rings is 2. The number of hydrogen-bond donors (Lipinski definition) is 0. The van der Waals surface area contributed by atoms with Crippen LogP contribution in [-0.2, 0) is 9.53 Å². The van der Waals surface area contributed by atoms with Crippen molar-refractivity contribution in [2.24, 2.45) is 5.92 Å². The average molecular weight is 531 g/mol. The van der Waals surface area contributed by atoms with Crippen LogP contribution in [0.4, 0.5) is 5.69 Å². The first-order chi connectivity index (χ1) is 19.1. The first-order valence-corrected chi connectivity index (χ1v) is 14.4. The van der Waals surface area contributed by atoms with Crippen molar-refractivity contribution < 1.29 is 19.1 Å². The Hall–Kier alpha value is -3.23. The lowest BCUT2D eigenvalue weighted by atomic mass is 9.83. The predicted octanol–water partition coefficient (Wildman–Crippen LogP) is 3.93. The molecule has 2 aromatic rings. The third-order valence-corrected chi connectivity index (χ3v) is 9.05. The van der Waals surface area contributed by atoms with Crippen molar-refractivity contribution in [2.45, 2.75) is 50.7 Å². The van der Waals surface area contributed by atoms with Gasteiger partial charge >= 0.3 is 0 Å². The fourth-order valence-electron chi connectivity index (χ4n) is 7.17. The van der Waals surface area contributed by atoms with Crippen molar-refractivity contribution in [3.05, 3.63) is 65.2 Å². The highest BCUT2D eigenvalue weighted by atomic mass is 16.5. The predicted molar refractivity (Wildman–Crippen MR) is 148 cm³/mol. The van der Waals surface area contributed by atoms with Gasteiger partial charge in [0.05, 0.1) is 17.9 Å². The second-order valence-electron chi connectivity index (χ2n) is 11.2. The van der Waals surface area contributed by atoms with Crippen LogP contribution in [0, 0.1) is 5.92 Å². The molecule has 0 aromatic heterocycles. The van der Waals surface area contributed by atoms with Gasteiger partial charge in [0, 0.05) is 50.3 Å². The van der Waals surface area contributed by atoms with Gasteiger partial charge in [0.25, 0.3) is 11.8 Å². The molecule has 0 unspecified atom stereocenters. The number of ether oxygens (including phenoxy) is 1. The summed E-state index contributed by atoms with van der Waals surface area (Å²) in [5.41, 5.74) is 2.55. The van der Waals surface area contributed by atoms with Crippen LogP contribution in [0.15, 0.2) is 48.5 Å². The molecule has 0 saturated carbocycles. The molecule has 2 aromatic carbocycles. The summed E-state index contributed by atoms with van der Waals surface area (Å²) in [5, 5.41) is 0.